The first-order valence-corrected chi connectivity index (χ1v) is 14.7. The second-order valence-electron chi connectivity index (χ2n) is 9.47. The van der Waals surface area contributed by atoms with Gasteiger partial charge < -0.3 is 54.6 Å². The molecule has 4 atom stereocenters. The highest BCUT2D eigenvalue weighted by Crippen LogP contribution is 2.07. The van der Waals surface area contributed by atoms with Crippen molar-refractivity contribution in [3.8, 4) is 0 Å². The minimum atomic E-state index is -1.38. The maximum atomic E-state index is 13.2. The maximum Gasteiger partial charge on any atom is 0.322 e. The summed E-state index contributed by atoms with van der Waals surface area (Å²) in [6, 6.07) is -5.23. The lowest BCUT2D eigenvalue weighted by Crippen LogP contribution is -2.58. The van der Waals surface area contributed by atoms with E-state index in [0.29, 0.717) is 5.75 Å². The molecule has 14 N–H and O–H groups in total. The molecule has 0 aromatic heterocycles. The molecule has 248 valence electrons. The van der Waals surface area contributed by atoms with E-state index in [2.05, 4.69) is 21.3 Å². The fourth-order valence-electron chi connectivity index (χ4n) is 3.39. The molecular weight excluding hydrogens is 606 g/mol. The lowest BCUT2D eigenvalue weighted by Gasteiger charge is -2.25. The van der Waals surface area contributed by atoms with Crippen LogP contribution in [0.2, 0.25) is 0 Å². The molecule has 0 aromatic carbocycles. The summed E-state index contributed by atoms with van der Waals surface area (Å²) in [6.45, 7) is -1.32. The Balaban J connectivity index is 5.74. The van der Waals surface area contributed by atoms with E-state index in [1.165, 1.54) is 11.8 Å². The highest BCUT2D eigenvalue weighted by atomic mass is 32.2. The summed E-state index contributed by atoms with van der Waals surface area (Å²) in [7, 11) is 0. The third-order valence-electron chi connectivity index (χ3n) is 5.77. The van der Waals surface area contributed by atoms with Crippen LogP contribution in [0.15, 0.2) is 0 Å². The molecular formula is C24H41N9O10S. The molecule has 0 aliphatic heterocycles. The van der Waals surface area contributed by atoms with Crippen LogP contribution in [0.3, 0.4) is 0 Å². The topological polar surface area (TPSA) is 338 Å². The fourth-order valence-corrected chi connectivity index (χ4v) is 3.87. The van der Waals surface area contributed by atoms with Crippen LogP contribution in [-0.4, -0.2) is 108 Å². The maximum absolute atomic E-state index is 13.2. The van der Waals surface area contributed by atoms with E-state index in [1.54, 1.807) is 6.26 Å². The van der Waals surface area contributed by atoms with Crippen LogP contribution in [0.4, 0.5) is 0 Å². The van der Waals surface area contributed by atoms with E-state index in [4.69, 9.17) is 28.0 Å². The minimum absolute atomic E-state index is 0.0507. The molecule has 0 unspecified atom stereocenters. The third-order valence-corrected chi connectivity index (χ3v) is 6.41. The zero-order valence-corrected chi connectivity index (χ0v) is 25.0. The molecule has 44 heavy (non-hydrogen) atoms. The van der Waals surface area contributed by atoms with E-state index in [0.717, 1.165) is 0 Å². The van der Waals surface area contributed by atoms with Gasteiger partial charge in [-0.05, 0) is 37.7 Å². The number of carboxylic acids is 1. The van der Waals surface area contributed by atoms with Gasteiger partial charge in [0.25, 0.3) is 0 Å². The predicted molar refractivity (Wildman–Crippen MR) is 156 cm³/mol. The van der Waals surface area contributed by atoms with Crippen molar-refractivity contribution in [2.45, 2.75) is 69.1 Å². The molecule has 20 heteroatoms. The van der Waals surface area contributed by atoms with Gasteiger partial charge in [-0.25, -0.2) is 0 Å². The molecule has 19 nitrogen and oxygen atoms in total. The van der Waals surface area contributed by atoms with Gasteiger partial charge in [-0.3, -0.25) is 43.2 Å². The molecule has 0 saturated carbocycles. The van der Waals surface area contributed by atoms with Crippen molar-refractivity contribution in [3.05, 3.63) is 0 Å². The first-order valence-electron chi connectivity index (χ1n) is 13.3. The number of primary amides is 3. The predicted octanol–water partition coefficient (Wildman–Crippen LogP) is -5.37. The number of nitrogens with one attached hydrogen (secondary N) is 5. The van der Waals surface area contributed by atoms with Crippen molar-refractivity contribution in [1.29, 1.82) is 0 Å². The Morgan fingerprint density at radius 1 is 0.614 bits per heavy atom. The second kappa shape index (κ2) is 21.3. The number of thioether (sulfide) groups is 1. The largest absolute Gasteiger partial charge is 0.480 e. The highest BCUT2D eigenvalue weighted by Gasteiger charge is 2.31. The fraction of sp³-hybridized carbons (Fsp3) is 0.625. The number of hydrogen-bond acceptors (Lipinski definition) is 11. The van der Waals surface area contributed by atoms with Crippen LogP contribution in [0.5, 0.6) is 0 Å². The van der Waals surface area contributed by atoms with Gasteiger partial charge >= 0.3 is 5.97 Å². The van der Waals surface area contributed by atoms with Crippen LogP contribution in [0, 0.1) is 0 Å². The molecule has 0 rings (SSSR count). The summed E-state index contributed by atoms with van der Waals surface area (Å²) in [5, 5.41) is 20.1. The standard InChI is InChI=1S/C24H41N9O10S/c1-44-9-8-15(33-23(42)14(4-7-18(28)36)31-21(40)12(25)2-5-16(26)34)24(43)32-13(3-6-17(27)35)22(41)30-10-19(37)29-11-20(38)39/h12-15H,2-11,25H2,1H3,(H2,26,34)(H2,27,35)(H2,28,36)(H,29,37)(H,30,41)(H,31,40)(H,32,43)(H,33,42)(H,38,39)/t12-,13-,14-,15-/m0/s1. The number of carboxylic acid groups (broad SMARTS) is 1. The molecule has 0 saturated heterocycles. The van der Waals surface area contributed by atoms with Crippen LogP contribution in [-0.2, 0) is 43.2 Å². The first kappa shape index (κ1) is 39.5. The smallest absolute Gasteiger partial charge is 0.322 e. The van der Waals surface area contributed by atoms with Gasteiger partial charge in [0, 0.05) is 19.3 Å². The second-order valence-corrected chi connectivity index (χ2v) is 10.5. The van der Waals surface area contributed by atoms with Crippen LogP contribution in [0.1, 0.15) is 44.9 Å². The molecule has 0 aliphatic rings. The van der Waals surface area contributed by atoms with E-state index < -0.39 is 90.5 Å². The number of carbonyl (C=O) groups is 9. The SMILES string of the molecule is CSCC[C@H](NC(=O)[C@H](CCC(N)=O)NC(=O)[C@@H](N)CCC(N)=O)C(=O)N[C@@H](CCC(N)=O)C(=O)NCC(=O)NCC(=O)O. The molecule has 0 radical (unpaired) electrons. The molecule has 0 heterocycles. The lowest BCUT2D eigenvalue weighted by atomic mass is 10.1. The molecule has 8 amide bonds. The van der Waals surface area contributed by atoms with Gasteiger partial charge in [0.1, 0.15) is 24.7 Å². The van der Waals surface area contributed by atoms with Gasteiger partial charge in [-0.2, -0.15) is 11.8 Å². The number of rotatable bonds is 23. The summed E-state index contributed by atoms with van der Waals surface area (Å²) in [4.78, 5) is 108. The summed E-state index contributed by atoms with van der Waals surface area (Å²) in [5.41, 5.74) is 21.2. The number of hydrogen-bond donors (Lipinski definition) is 10. The van der Waals surface area contributed by atoms with Gasteiger partial charge in [0.05, 0.1) is 12.6 Å². The van der Waals surface area contributed by atoms with E-state index in [1.807, 2.05) is 5.32 Å². The lowest BCUT2D eigenvalue weighted by molar-refractivity contribution is -0.138. The molecule has 0 aromatic rings. The Hall–Kier alpha value is -4.46. The Kier molecular flexibility index (Phi) is 19.1. The average Bonchev–Trinajstić information content (AvgIpc) is 2.94. The van der Waals surface area contributed by atoms with Gasteiger partial charge in [-0.1, -0.05) is 0 Å². The van der Waals surface area contributed by atoms with E-state index in [-0.39, 0.29) is 44.9 Å². The average molecular weight is 648 g/mol. The van der Waals surface area contributed by atoms with Crippen molar-refractivity contribution in [3.63, 3.8) is 0 Å². The highest BCUT2D eigenvalue weighted by molar-refractivity contribution is 7.98. The van der Waals surface area contributed by atoms with Crippen molar-refractivity contribution < 1.29 is 48.3 Å². The molecule has 0 aliphatic carbocycles. The van der Waals surface area contributed by atoms with E-state index in [9.17, 15) is 43.2 Å². The van der Waals surface area contributed by atoms with Crippen LogP contribution >= 0.6 is 11.8 Å². The zero-order chi connectivity index (χ0) is 33.8. The van der Waals surface area contributed by atoms with E-state index >= 15 is 0 Å². The van der Waals surface area contributed by atoms with Crippen molar-refractivity contribution >= 4 is 65.0 Å². The Bertz CT molecular complexity index is 1080. The van der Waals surface area contributed by atoms with Crippen molar-refractivity contribution in [2.75, 3.05) is 25.1 Å². The number of amides is 8. The Morgan fingerprint density at radius 2 is 1.05 bits per heavy atom. The van der Waals surface area contributed by atoms with Crippen molar-refractivity contribution in [1.82, 2.24) is 26.6 Å². The third kappa shape index (κ3) is 18.2. The summed E-state index contributed by atoms with van der Waals surface area (Å²) in [6.07, 6.45) is 0.316. The van der Waals surface area contributed by atoms with Gasteiger partial charge in [-0.15, -0.1) is 0 Å². The normalized spacial score (nSPS) is 13.2. The van der Waals surface area contributed by atoms with Gasteiger partial charge in [0.2, 0.25) is 47.3 Å². The van der Waals surface area contributed by atoms with Crippen LogP contribution < -0.4 is 49.5 Å². The van der Waals surface area contributed by atoms with Crippen LogP contribution in [0.25, 0.3) is 0 Å². The summed E-state index contributed by atoms with van der Waals surface area (Å²) >= 11 is 1.33. The van der Waals surface area contributed by atoms with Gasteiger partial charge in [0.15, 0.2) is 0 Å². The first-order chi connectivity index (χ1) is 20.6. The Labute approximate surface area is 257 Å². The quantitative estimate of drug-likeness (QED) is 0.0497. The summed E-state index contributed by atoms with van der Waals surface area (Å²) < 4.78 is 0. The number of nitrogens with two attached hydrogens (primary N) is 4. The number of carbonyl (C=O) groups excluding carboxylic acids is 8. The number of aliphatic carboxylic acids is 1. The minimum Gasteiger partial charge on any atom is -0.480 e. The van der Waals surface area contributed by atoms with Crippen molar-refractivity contribution in [2.24, 2.45) is 22.9 Å². The molecule has 0 fully saturated rings. The monoisotopic (exact) mass is 647 g/mol. The summed E-state index contributed by atoms with van der Waals surface area (Å²) in [5.74, 6) is -7.48. The molecule has 0 bridgehead atoms. The Morgan fingerprint density at radius 3 is 1.50 bits per heavy atom. The molecule has 0 spiro atoms. The zero-order valence-electron chi connectivity index (χ0n) is 24.2.